The number of hydrogen-bond acceptors (Lipinski definition) is 2. The lowest BCUT2D eigenvalue weighted by Crippen LogP contribution is -1.94. The van der Waals surface area contributed by atoms with E-state index in [1.165, 1.54) is 0 Å². The van der Waals surface area contributed by atoms with Crippen molar-refractivity contribution in [1.29, 1.82) is 0 Å². The molecule has 0 unspecified atom stereocenters. The molecule has 2 heterocycles. The summed E-state index contributed by atoms with van der Waals surface area (Å²) in [6, 6.07) is 9.56. The average molecular weight is 337 g/mol. The summed E-state index contributed by atoms with van der Waals surface area (Å²) in [6.45, 7) is 2.02. The van der Waals surface area contributed by atoms with Crippen LogP contribution in [0.5, 0.6) is 0 Å². The number of pyridine rings is 1. The van der Waals surface area contributed by atoms with E-state index in [1.54, 1.807) is 0 Å². The molecule has 0 radical (unpaired) electrons. The number of aryl methyl sites for hydroxylation is 1. The predicted molar refractivity (Wildman–Crippen MR) is 82.5 cm³/mol. The van der Waals surface area contributed by atoms with E-state index in [0.29, 0.717) is 10.8 Å². The van der Waals surface area contributed by atoms with Crippen LogP contribution in [0.3, 0.4) is 0 Å². The normalized spacial score (nSPS) is 11.1. The van der Waals surface area contributed by atoms with Crippen molar-refractivity contribution >= 4 is 39.0 Å². The molecule has 0 spiro atoms. The highest BCUT2D eigenvalue weighted by Crippen LogP contribution is 2.33. The van der Waals surface area contributed by atoms with Gasteiger partial charge in [-0.15, -0.1) is 0 Å². The van der Waals surface area contributed by atoms with Gasteiger partial charge in [-0.1, -0.05) is 39.7 Å². The van der Waals surface area contributed by atoms with Gasteiger partial charge in [-0.2, -0.15) is 0 Å². The van der Waals surface area contributed by atoms with E-state index < -0.39 is 0 Å². The maximum Gasteiger partial charge on any atom is 0.139 e. The van der Waals surface area contributed by atoms with Crippen molar-refractivity contribution in [1.82, 2.24) is 9.38 Å². The lowest BCUT2D eigenvalue weighted by molar-refractivity contribution is 1.16. The number of nitrogen functional groups attached to an aromatic ring is 1. The van der Waals surface area contributed by atoms with Gasteiger partial charge >= 0.3 is 0 Å². The van der Waals surface area contributed by atoms with Crippen LogP contribution in [0.15, 0.2) is 41.0 Å². The highest BCUT2D eigenvalue weighted by Gasteiger charge is 2.14. The molecule has 19 heavy (non-hydrogen) atoms. The van der Waals surface area contributed by atoms with Crippen LogP contribution in [0.2, 0.25) is 5.02 Å². The minimum absolute atomic E-state index is 0.627. The van der Waals surface area contributed by atoms with Gasteiger partial charge in [0.2, 0.25) is 0 Å². The summed E-state index contributed by atoms with van der Waals surface area (Å²) in [7, 11) is 0. The van der Waals surface area contributed by atoms with E-state index in [2.05, 4.69) is 20.9 Å². The van der Waals surface area contributed by atoms with Crippen molar-refractivity contribution < 1.29 is 0 Å². The van der Waals surface area contributed by atoms with E-state index >= 15 is 0 Å². The second-order valence-electron chi connectivity index (χ2n) is 4.40. The van der Waals surface area contributed by atoms with Crippen LogP contribution < -0.4 is 5.73 Å². The van der Waals surface area contributed by atoms with Crippen LogP contribution in [0.25, 0.3) is 16.9 Å². The van der Waals surface area contributed by atoms with Crippen LogP contribution in [-0.4, -0.2) is 9.38 Å². The predicted octanol–water partition coefficient (Wildman–Crippen LogP) is 4.31. The molecule has 0 atom stereocenters. The molecule has 0 saturated carbocycles. The highest BCUT2D eigenvalue weighted by molar-refractivity contribution is 9.10. The summed E-state index contributed by atoms with van der Waals surface area (Å²) in [5.41, 5.74) is 9.86. The van der Waals surface area contributed by atoms with Gasteiger partial charge in [0.1, 0.15) is 17.2 Å². The third kappa shape index (κ3) is 2.11. The van der Waals surface area contributed by atoms with E-state index in [0.717, 1.165) is 26.9 Å². The Labute approximate surface area is 124 Å². The number of fused-ring (bicyclic) bond motifs is 1. The second-order valence-corrected chi connectivity index (χ2v) is 5.70. The second kappa shape index (κ2) is 4.54. The Morgan fingerprint density at radius 2 is 2.05 bits per heavy atom. The van der Waals surface area contributed by atoms with Gasteiger partial charge in [-0.3, -0.25) is 4.40 Å². The number of anilines is 1. The van der Waals surface area contributed by atoms with Crippen molar-refractivity contribution in [3.63, 3.8) is 0 Å². The zero-order valence-corrected chi connectivity index (χ0v) is 12.5. The van der Waals surface area contributed by atoms with Crippen LogP contribution in [0.4, 0.5) is 5.82 Å². The number of hydrogen-bond donors (Lipinski definition) is 1. The summed E-state index contributed by atoms with van der Waals surface area (Å²) in [5.74, 6) is 0.627. The molecule has 3 aromatic rings. The zero-order valence-electron chi connectivity index (χ0n) is 10.2. The Bertz CT molecular complexity index is 780. The molecule has 0 aliphatic rings. The Balaban J connectivity index is 2.28. The standard InChI is InChI=1S/C14H11BrClN3/c1-8-2-5-12-18-13(14(17)19(12)7-8)10-4-3-9(16)6-11(10)15/h2-7H,17H2,1H3. The van der Waals surface area contributed by atoms with Crippen molar-refractivity contribution in [3.05, 3.63) is 51.6 Å². The molecule has 3 nitrogen and oxygen atoms in total. The molecule has 5 heteroatoms. The number of benzene rings is 1. The molecule has 0 saturated heterocycles. The largest absolute Gasteiger partial charge is 0.383 e. The van der Waals surface area contributed by atoms with Crippen molar-refractivity contribution in [2.45, 2.75) is 6.92 Å². The van der Waals surface area contributed by atoms with Crippen molar-refractivity contribution in [2.24, 2.45) is 0 Å². The lowest BCUT2D eigenvalue weighted by atomic mass is 10.1. The Kier molecular flexibility index (Phi) is 2.99. The molecule has 2 aromatic heterocycles. The third-order valence-corrected chi connectivity index (χ3v) is 3.88. The first-order valence-electron chi connectivity index (χ1n) is 5.76. The van der Waals surface area contributed by atoms with E-state index in [-0.39, 0.29) is 0 Å². The van der Waals surface area contributed by atoms with Crippen molar-refractivity contribution in [3.8, 4) is 11.3 Å². The first-order chi connectivity index (χ1) is 9.06. The number of halogens is 2. The molecule has 96 valence electrons. The monoisotopic (exact) mass is 335 g/mol. The number of nitrogens with zero attached hydrogens (tertiary/aromatic N) is 2. The molecular weight excluding hydrogens is 326 g/mol. The van der Waals surface area contributed by atoms with Gasteiger partial charge in [0.25, 0.3) is 0 Å². The molecule has 0 aliphatic heterocycles. The maximum atomic E-state index is 6.19. The van der Waals surface area contributed by atoms with E-state index in [9.17, 15) is 0 Å². The lowest BCUT2D eigenvalue weighted by Gasteiger charge is -2.03. The van der Waals surface area contributed by atoms with Crippen LogP contribution in [0, 0.1) is 6.92 Å². The molecular formula is C14H11BrClN3. The minimum Gasteiger partial charge on any atom is -0.383 e. The van der Waals surface area contributed by atoms with E-state index in [4.69, 9.17) is 17.3 Å². The summed E-state index contributed by atoms with van der Waals surface area (Å²) in [5, 5.41) is 0.675. The third-order valence-electron chi connectivity index (χ3n) is 2.99. The fraction of sp³-hybridized carbons (Fsp3) is 0.0714. The highest BCUT2D eigenvalue weighted by atomic mass is 79.9. The fourth-order valence-electron chi connectivity index (χ4n) is 2.05. The summed E-state index contributed by atoms with van der Waals surface area (Å²) >= 11 is 9.46. The molecule has 0 bridgehead atoms. The van der Waals surface area contributed by atoms with Crippen LogP contribution >= 0.6 is 27.5 Å². The minimum atomic E-state index is 0.627. The van der Waals surface area contributed by atoms with Gasteiger partial charge in [0, 0.05) is 21.3 Å². The molecule has 2 N–H and O–H groups in total. The number of imidazole rings is 1. The topological polar surface area (TPSA) is 43.3 Å². The Hall–Kier alpha value is -1.52. The summed E-state index contributed by atoms with van der Waals surface area (Å²) in [6.07, 6.45) is 1.98. The van der Waals surface area contributed by atoms with Gasteiger partial charge in [-0.25, -0.2) is 4.98 Å². The zero-order chi connectivity index (χ0) is 13.6. The quantitative estimate of drug-likeness (QED) is 0.719. The maximum absolute atomic E-state index is 6.19. The summed E-state index contributed by atoms with van der Waals surface area (Å²) < 4.78 is 2.78. The molecule has 0 aliphatic carbocycles. The van der Waals surface area contributed by atoms with Gasteiger partial charge in [-0.05, 0) is 30.7 Å². The Morgan fingerprint density at radius 3 is 2.79 bits per heavy atom. The van der Waals surface area contributed by atoms with Crippen LogP contribution in [-0.2, 0) is 0 Å². The average Bonchev–Trinajstić information content (AvgIpc) is 2.67. The Morgan fingerprint density at radius 1 is 1.26 bits per heavy atom. The van der Waals surface area contributed by atoms with Crippen molar-refractivity contribution in [2.75, 3.05) is 5.73 Å². The molecule has 0 amide bonds. The SMILES string of the molecule is Cc1ccc2nc(-c3ccc(Cl)cc3Br)c(N)n2c1. The van der Waals surface area contributed by atoms with Gasteiger partial charge in [0.05, 0.1) is 0 Å². The first-order valence-corrected chi connectivity index (χ1v) is 6.93. The molecule has 0 fully saturated rings. The smallest absolute Gasteiger partial charge is 0.139 e. The molecule has 1 aromatic carbocycles. The number of aromatic nitrogens is 2. The van der Waals surface area contributed by atoms with Crippen LogP contribution in [0.1, 0.15) is 5.56 Å². The fourth-order valence-corrected chi connectivity index (χ4v) is 2.92. The van der Waals surface area contributed by atoms with Gasteiger partial charge < -0.3 is 5.73 Å². The van der Waals surface area contributed by atoms with Gasteiger partial charge in [0.15, 0.2) is 0 Å². The number of rotatable bonds is 1. The first kappa shape index (κ1) is 12.5. The summed E-state index contributed by atoms with van der Waals surface area (Å²) in [4.78, 5) is 4.58. The number of nitrogens with two attached hydrogens (primary N) is 1. The molecule has 3 rings (SSSR count). The van der Waals surface area contributed by atoms with E-state index in [1.807, 2.05) is 47.9 Å².